The summed E-state index contributed by atoms with van der Waals surface area (Å²) >= 11 is 6.26. The molecule has 9 heteroatoms. The van der Waals surface area contributed by atoms with E-state index in [4.69, 9.17) is 16.7 Å². The molecule has 1 heterocycles. The molecule has 1 atom stereocenters. The minimum atomic E-state index is -3.44. The van der Waals surface area contributed by atoms with Gasteiger partial charge in [-0.1, -0.05) is 43.4 Å². The van der Waals surface area contributed by atoms with E-state index in [0.717, 1.165) is 25.5 Å². The van der Waals surface area contributed by atoms with E-state index in [1.54, 1.807) is 29.1 Å². The zero-order valence-electron chi connectivity index (χ0n) is 17.8. The smallest absolute Gasteiger partial charge is 0.233 e. The number of aliphatic hydroxyl groups excluding tert-OH is 1. The number of aliphatic hydroxyl groups is 1. The molecule has 1 aromatic carbocycles. The molecule has 7 nitrogen and oxygen atoms in total. The zero-order valence-corrected chi connectivity index (χ0v) is 19.3. The topological polar surface area (TPSA) is 101 Å². The molecule has 0 aliphatic heterocycles. The van der Waals surface area contributed by atoms with Crippen LogP contribution in [0.2, 0.25) is 5.02 Å². The fraction of sp³-hybridized carbons (Fsp3) is 0.545. The SMILES string of the molecule is CS(=O)(=O)c1ccc([C@@H](CC2CCCC2)C(=O)Nc2ccn(CCCCO)n2)cc1Cl. The van der Waals surface area contributed by atoms with Gasteiger partial charge in [-0.05, 0) is 42.9 Å². The maximum atomic E-state index is 13.2. The van der Waals surface area contributed by atoms with Crippen LogP contribution in [0.1, 0.15) is 56.4 Å². The van der Waals surface area contributed by atoms with Gasteiger partial charge in [0, 0.05) is 31.7 Å². The molecule has 31 heavy (non-hydrogen) atoms. The number of carbonyl (C=O) groups excluding carboxylic acids is 1. The lowest BCUT2D eigenvalue weighted by atomic mass is 9.87. The van der Waals surface area contributed by atoms with Gasteiger partial charge >= 0.3 is 0 Å². The Hall–Kier alpha value is -1.90. The fourth-order valence-corrected chi connectivity index (χ4v) is 5.50. The summed E-state index contributed by atoms with van der Waals surface area (Å²) in [5, 5.41) is 16.3. The molecule has 1 amide bonds. The predicted molar refractivity (Wildman–Crippen MR) is 121 cm³/mol. The molecule has 1 aromatic heterocycles. The highest BCUT2D eigenvalue weighted by Gasteiger charge is 2.28. The second-order valence-corrected chi connectivity index (χ2v) is 10.7. The number of amides is 1. The monoisotopic (exact) mass is 467 g/mol. The summed E-state index contributed by atoms with van der Waals surface area (Å²) in [7, 11) is -3.44. The van der Waals surface area contributed by atoms with Crippen LogP contribution in [0.5, 0.6) is 0 Å². The van der Waals surface area contributed by atoms with Crippen molar-refractivity contribution in [2.24, 2.45) is 5.92 Å². The van der Waals surface area contributed by atoms with Gasteiger partial charge in [-0.15, -0.1) is 0 Å². The number of sulfone groups is 1. The number of hydrogen-bond acceptors (Lipinski definition) is 5. The normalized spacial score (nSPS) is 15.8. The number of unbranched alkanes of at least 4 members (excludes halogenated alkanes) is 1. The molecule has 1 saturated carbocycles. The molecule has 3 rings (SSSR count). The molecule has 0 saturated heterocycles. The van der Waals surface area contributed by atoms with Crippen molar-refractivity contribution >= 4 is 33.2 Å². The van der Waals surface area contributed by atoms with Crippen LogP contribution in [-0.2, 0) is 21.2 Å². The number of aromatic nitrogens is 2. The average molecular weight is 468 g/mol. The van der Waals surface area contributed by atoms with Gasteiger partial charge in [0.2, 0.25) is 5.91 Å². The summed E-state index contributed by atoms with van der Waals surface area (Å²) < 4.78 is 25.5. The highest BCUT2D eigenvalue weighted by atomic mass is 35.5. The molecule has 2 aromatic rings. The first-order chi connectivity index (χ1) is 14.8. The van der Waals surface area contributed by atoms with E-state index < -0.39 is 15.8 Å². The predicted octanol–water partition coefficient (Wildman–Crippen LogP) is 4.02. The Labute approximate surface area is 188 Å². The van der Waals surface area contributed by atoms with Crippen LogP contribution >= 0.6 is 11.6 Å². The summed E-state index contributed by atoms with van der Waals surface area (Å²) in [6.07, 6.45) is 9.66. The van der Waals surface area contributed by atoms with Gasteiger partial charge in [0.05, 0.1) is 15.8 Å². The van der Waals surface area contributed by atoms with Crippen molar-refractivity contribution in [1.82, 2.24) is 9.78 Å². The van der Waals surface area contributed by atoms with Gasteiger partial charge in [0.15, 0.2) is 15.7 Å². The van der Waals surface area contributed by atoms with E-state index in [9.17, 15) is 13.2 Å². The van der Waals surface area contributed by atoms with Crippen LogP contribution in [0.4, 0.5) is 5.82 Å². The van der Waals surface area contributed by atoms with E-state index in [1.807, 2.05) is 0 Å². The third-order valence-corrected chi connectivity index (χ3v) is 7.39. The molecular formula is C22H30ClN3O4S. The fourth-order valence-electron chi connectivity index (χ4n) is 4.16. The molecule has 170 valence electrons. The van der Waals surface area contributed by atoms with Crippen LogP contribution in [0.3, 0.4) is 0 Å². The number of halogens is 1. The third-order valence-electron chi connectivity index (χ3n) is 5.81. The van der Waals surface area contributed by atoms with Crippen molar-refractivity contribution in [2.45, 2.75) is 62.3 Å². The summed E-state index contributed by atoms with van der Waals surface area (Å²) in [6, 6.07) is 6.53. The molecule has 2 N–H and O–H groups in total. The number of nitrogens with zero attached hydrogens (tertiary/aromatic N) is 2. The van der Waals surface area contributed by atoms with Crippen molar-refractivity contribution in [2.75, 3.05) is 18.2 Å². The zero-order chi connectivity index (χ0) is 22.4. The first-order valence-corrected chi connectivity index (χ1v) is 13.0. The van der Waals surface area contributed by atoms with Gasteiger partial charge in [-0.25, -0.2) is 8.42 Å². The van der Waals surface area contributed by atoms with E-state index >= 15 is 0 Å². The molecule has 0 spiro atoms. The van der Waals surface area contributed by atoms with E-state index in [2.05, 4.69) is 10.4 Å². The Kier molecular flexibility index (Phi) is 8.13. The lowest BCUT2D eigenvalue weighted by Crippen LogP contribution is -2.23. The maximum Gasteiger partial charge on any atom is 0.233 e. The van der Waals surface area contributed by atoms with Crippen molar-refractivity contribution in [3.05, 3.63) is 41.0 Å². The molecule has 1 aliphatic carbocycles. The Morgan fingerprint density at radius 3 is 2.68 bits per heavy atom. The first-order valence-electron chi connectivity index (χ1n) is 10.7. The Morgan fingerprint density at radius 1 is 1.29 bits per heavy atom. The van der Waals surface area contributed by atoms with Gasteiger partial charge in [0.25, 0.3) is 0 Å². The Balaban J connectivity index is 1.78. The number of carbonyl (C=O) groups is 1. The standard InChI is InChI=1S/C22H30ClN3O4S/c1-31(29,30)20-9-8-17(15-19(20)23)18(14-16-6-2-3-7-16)22(28)24-21-10-12-26(25-21)11-4-5-13-27/h8-10,12,15-16,18,27H,2-7,11,13-14H2,1H3,(H,24,25,28)/t18-/m1/s1. The second kappa shape index (κ2) is 10.6. The van der Waals surface area contributed by atoms with Crippen molar-refractivity contribution < 1.29 is 18.3 Å². The number of nitrogens with one attached hydrogen (secondary N) is 1. The number of benzene rings is 1. The minimum absolute atomic E-state index is 0.0690. The van der Waals surface area contributed by atoms with Crippen LogP contribution in [-0.4, -0.2) is 42.1 Å². The molecule has 1 fully saturated rings. The second-order valence-electron chi connectivity index (χ2n) is 8.28. The molecule has 0 bridgehead atoms. The lowest BCUT2D eigenvalue weighted by molar-refractivity contribution is -0.118. The number of aryl methyl sites for hydroxylation is 1. The van der Waals surface area contributed by atoms with Crippen LogP contribution < -0.4 is 5.32 Å². The number of rotatable bonds is 10. The summed E-state index contributed by atoms with van der Waals surface area (Å²) in [6.45, 7) is 0.818. The van der Waals surface area contributed by atoms with Crippen molar-refractivity contribution in [1.29, 1.82) is 0 Å². The van der Waals surface area contributed by atoms with Gasteiger partial charge in [-0.3, -0.25) is 9.48 Å². The van der Waals surface area contributed by atoms with Crippen molar-refractivity contribution in [3.63, 3.8) is 0 Å². The molecular weight excluding hydrogens is 438 g/mol. The van der Waals surface area contributed by atoms with E-state index in [-0.39, 0.29) is 22.4 Å². The summed E-state index contributed by atoms with van der Waals surface area (Å²) in [4.78, 5) is 13.3. The van der Waals surface area contributed by atoms with Gasteiger partial charge in [-0.2, -0.15) is 5.10 Å². The van der Waals surface area contributed by atoms with Gasteiger partial charge < -0.3 is 10.4 Å². The van der Waals surface area contributed by atoms with Gasteiger partial charge in [0.1, 0.15) is 0 Å². The van der Waals surface area contributed by atoms with Crippen LogP contribution in [0, 0.1) is 5.92 Å². The first kappa shape index (κ1) is 23.8. The molecule has 0 radical (unpaired) electrons. The number of anilines is 1. The minimum Gasteiger partial charge on any atom is -0.396 e. The van der Waals surface area contributed by atoms with E-state index in [1.165, 1.54) is 18.9 Å². The van der Waals surface area contributed by atoms with E-state index in [0.29, 0.717) is 36.7 Å². The quantitative estimate of drug-likeness (QED) is 0.514. The third kappa shape index (κ3) is 6.54. The largest absolute Gasteiger partial charge is 0.396 e. The Morgan fingerprint density at radius 2 is 2.03 bits per heavy atom. The Bertz CT molecular complexity index is 1000. The summed E-state index contributed by atoms with van der Waals surface area (Å²) in [5.74, 6) is 0.328. The van der Waals surface area contributed by atoms with Crippen molar-refractivity contribution in [3.8, 4) is 0 Å². The van der Waals surface area contributed by atoms with Crippen LogP contribution in [0.15, 0.2) is 35.4 Å². The lowest BCUT2D eigenvalue weighted by Gasteiger charge is -2.21. The van der Waals surface area contributed by atoms with Crippen LogP contribution in [0.25, 0.3) is 0 Å². The highest BCUT2D eigenvalue weighted by Crippen LogP contribution is 2.36. The highest BCUT2D eigenvalue weighted by molar-refractivity contribution is 7.90. The maximum absolute atomic E-state index is 13.2. The average Bonchev–Trinajstić information content (AvgIpc) is 3.37. The molecule has 0 unspecified atom stereocenters. The molecule has 1 aliphatic rings. The summed E-state index contributed by atoms with van der Waals surface area (Å²) in [5.41, 5.74) is 0.712. The number of hydrogen-bond donors (Lipinski definition) is 2.